The number of ether oxygens (including phenoxy) is 2. The highest BCUT2D eigenvalue weighted by molar-refractivity contribution is 8.93. The van der Waals surface area contributed by atoms with Crippen molar-refractivity contribution in [3.05, 3.63) is 77.6 Å². The molecule has 0 aromatic heterocycles. The standard InChI is InChI=1S/C24H24Cl2N2O3.BrH/c1-2-3-15-30-23(19-9-11-20(25)12-10-19)24(26)28-14-13-27(18-28)16-21(29)17-31-22-7-5-4-6-8-22;/h4-14,23-24H,15-18H2,1H3;1H. The highest BCUT2D eigenvalue weighted by Crippen LogP contribution is 2.30. The Bertz CT molecular complexity index is 945. The van der Waals surface area contributed by atoms with Crippen molar-refractivity contribution < 1.29 is 14.3 Å². The van der Waals surface area contributed by atoms with E-state index in [1.165, 1.54) is 0 Å². The average molecular weight is 540 g/mol. The van der Waals surface area contributed by atoms with Crippen molar-refractivity contribution in [1.82, 2.24) is 9.80 Å². The largest absolute Gasteiger partial charge is 0.486 e. The van der Waals surface area contributed by atoms with Gasteiger partial charge in [0.05, 0.1) is 13.2 Å². The van der Waals surface area contributed by atoms with Gasteiger partial charge in [-0.25, -0.2) is 0 Å². The van der Waals surface area contributed by atoms with Gasteiger partial charge in [-0.3, -0.25) is 4.79 Å². The van der Waals surface area contributed by atoms with Gasteiger partial charge in [-0.15, -0.1) is 22.9 Å². The van der Waals surface area contributed by atoms with Crippen LogP contribution >= 0.6 is 40.2 Å². The first-order chi connectivity index (χ1) is 15.1. The predicted molar refractivity (Wildman–Crippen MR) is 133 cm³/mol. The molecule has 0 aliphatic carbocycles. The van der Waals surface area contributed by atoms with E-state index in [0.29, 0.717) is 17.4 Å². The predicted octanol–water partition coefficient (Wildman–Crippen LogP) is 5.26. The van der Waals surface area contributed by atoms with Gasteiger partial charge < -0.3 is 19.3 Å². The van der Waals surface area contributed by atoms with Crippen molar-refractivity contribution in [3.63, 3.8) is 0 Å². The monoisotopic (exact) mass is 538 g/mol. The Kier molecular flexibility index (Phi) is 10.9. The number of carbonyl (C=O) groups excluding carboxylic acids is 1. The van der Waals surface area contributed by atoms with Crippen LogP contribution in [0.3, 0.4) is 0 Å². The Morgan fingerprint density at radius 3 is 2.53 bits per heavy atom. The molecule has 170 valence electrons. The minimum Gasteiger partial charge on any atom is -0.486 e. The topological polar surface area (TPSA) is 42.0 Å². The summed E-state index contributed by atoms with van der Waals surface area (Å²) in [7, 11) is 0. The number of alkyl halides is 1. The molecule has 0 bridgehead atoms. The summed E-state index contributed by atoms with van der Waals surface area (Å²) >= 11 is 12.8. The lowest BCUT2D eigenvalue weighted by Gasteiger charge is -2.31. The number of para-hydroxylation sites is 1. The second-order valence-corrected chi connectivity index (χ2v) is 7.81. The Balaban J connectivity index is 0.00000363. The minimum atomic E-state index is -0.489. The van der Waals surface area contributed by atoms with Crippen molar-refractivity contribution in [1.29, 1.82) is 0 Å². The average Bonchev–Trinajstić information content (AvgIpc) is 3.25. The van der Waals surface area contributed by atoms with Gasteiger partial charge in [0.25, 0.3) is 0 Å². The van der Waals surface area contributed by atoms with Crippen LogP contribution in [0.4, 0.5) is 0 Å². The number of nitrogens with zero attached hydrogens (tertiary/aromatic N) is 2. The van der Waals surface area contributed by atoms with Crippen molar-refractivity contribution in [2.24, 2.45) is 0 Å². The summed E-state index contributed by atoms with van der Waals surface area (Å²) in [6.07, 6.45) is 3.29. The Morgan fingerprint density at radius 2 is 1.84 bits per heavy atom. The molecular formula is C24H25BrCl2N2O3. The lowest BCUT2D eigenvalue weighted by atomic mass is 10.1. The number of carbonyl (C=O) groups is 1. The molecule has 32 heavy (non-hydrogen) atoms. The third-order valence-electron chi connectivity index (χ3n) is 4.61. The highest BCUT2D eigenvalue weighted by atomic mass is 79.9. The summed E-state index contributed by atoms with van der Waals surface area (Å²) in [5.41, 5.74) is 0.415. The second kappa shape index (κ2) is 13.4. The molecule has 1 aliphatic rings. The summed E-state index contributed by atoms with van der Waals surface area (Å²) in [5, 5.41) is 0.644. The number of halogens is 3. The molecular weight excluding hydrogens is 515 g/mol. The van der Waals surface area contributed by atoms with E-state index in [4.69, 9.17) is 32.7 Å². The van der Waals surface area contributed by atoms with Crippen LogP contribution in [0.25, 0.3) is 0 Å². The van der Waals surface area contributed by atoms with E-state index in [0.717, 1.165) is 5.56 Å². The lowest BCUT2D eigenvalue weighted by molar-refractivity contribution is -0.121. The molecule has 0 saturated carbocycles. The highest BCUT2D eigenvalue weighted by Gasteiger charge is 2.29. The molecule has 0 radical (unpaired) electrons. The lowest BCUT2D eigenvalue weighted by Crippen LogP contribution is -2.37. The van der Waals surface area contributed by atoms with E-state index >= 15 is 0 Å². The normalized spacial score (nSPS) is 14.2. The van der Waals surface area contributed by atoms with Crippen molar-refractivity contribution >= 4 is 46.0 Å². The molecule has 1 heterocycles. The first-order valence-corrected chi connectivity index (χ1v) is 10.7. The van der Waals surface area contributed by atoms with Gasteiger partial charge >= 0.3 is 0 Å². The number of rotatable bonds is 10. The molecule has 2 unspecified atom stereocenters. The van der Waals surface area contributed by atoms with E-state index in [2.05, 4.69) is 11.8 Å². The third kappa shape index (κ3) is 7.75. The maximum Gasteiger partial charge on any atom is 0.189 e. The molecule has 1 aliphatic heterocycles. The zero-order valence-electron chi connectivity index (χ0n) is 17.6. The summed E-state index contributed by atoms with van der Waals surface area (Å²) in [6.45, 7) is 2.75. The molecule has 2 aromatic rings. The molecule has 0 N–H and O–H groups in total. The molecule has 2 aromatic carbocycles. The van der Waals surface area contributed by atoms with Crippen LogP contribution in [-0.4, -0.2) is 47.5 Å². The zero-order chi connectivity index (χ0) is 22.1. The van der Waals surface area contributed by atoms with Crippen LogP contribution in [0.1, 0.15) is 18.6 Å². The molecule has 0 amide bonds. The Morgan fingerprint density at radius 1 is 1.12 bits per heavy atom. The SMILES string of the molecule is Br.CC#CCOC(c1ccc(Cl)cc1)C(Cl)N1C=CN(CC(=O)COc2ccccc2)C1. The van der Waals surface area contributed by atoms with Crippen LogP contribution in [0.15, 0.2) is 67.0 Å². The fraction of sp³-hybridized carbons (Fsp3) is 0.292. The van der Waals surface area contributed by atoms with Crippen molar-refractivity contribution in [3.8, 4) is 17.6 Å². The van der Waals surface area contributed by atoms with E-state index in [9.17, 15) is 4.79 Å². The van der Waals surface area contributed by atoms with Crippen LogP contribution in [0, 0.1) is 11.8 Å². The molecule has 0 saturated heterocycles. The summed E-state index contributed by atoms with van der Waals surface area (Å²) in [4.78, 5) is 16.1. The smallest absolute Gasteiger partial charge is 0.189 e. The fourth-order valence-corrected chi connectivity index (χ4v) is 3.53. The minimum absolute atomic E-state index is 0. The summed E-state index contributed by atoms with van der Waals surface area (Å²) < 4.78 is 11.5. The van der Waals surface area contributed by atoms with Gasteiger partial charge in [0.15, 0.2) is 5.78 Å². The number of hydrogen-bond donors (Lipinski definition) is 0. The van der Waals surface area contributed by atoms with E-state index in [1.54, 1.807) is 19.1 Å². The molecule has 2 atom stereocenters. The molecule has 0 fully saturated rings. The first kappa shape index (κ1) is 26.1. The third-order valence-corrected chi connectivity index (χ3v) is 5.34. The van der Waals surface area contributed by atoms with E-state index < -0.39 is 11.6 Å². The van der Waals surface area contributed by atoms with Gasteiger partial charge in [-0.2, -0.15) is 0 Å². The van der Waals surface area contributed by atoms with Crippen molar-refractivity contribution in [2.75, 3.05) is 26.4 Å². The fourth-order valence-electron chi connectivity index (χ4n) is 3.06. The Hall–Kier alpha value is -2.17. The van der Waals surface area contributed by atoms with Crippen LogP contribution < -0.4 is 4.74 Å². The quantitative estimate of drug-likeness (QED) is 0.234. The van der Waals surface area contributed by atoms with Crippen LogP contribution in [-0.2, 0) is 9.53 Å². The maximum atomic E-state index is 12.3. The molecule has 5 nitrogen and oxygen atoms in total. The van der Waals surface area contributed by atoms with Gasteiger partial charge in [0, 0.05) is 17.4 Å². The van der Waals surface area contributed by atoms with Crippen LogP contribution in [0.5, 0.6) is 5.75 Å². The second-order valence-electron chi connectivity index (χ2n) is 6.92. The number of benzene rings is 2. The summed E-state index contributed by atoms with van der Waals surface area (Å²) in [5.74, 6) is 6.38. The summed E-state index contributed by atoms with van der Waals surface area (Å²) in [6, 6.07) is 16.7. The maximum absolute atomic E-state index is 12.3. The number of Topliss-reactive ketones (excluding diaryl/α,β-unsaturated/α-hetero) is 1. The molecule has 8 heteroatoms. The van der Waals surface area contributed by atoms with Crippen molar-refractivity contribution in [2.45, 2.75) is 18.5 Å². The number of ketones is 1. The van der Waals surface area contributed by atoms with Gasteiger partial charge in [-0.05, 0) is 36.8 Å². The van der Waals surface area contributed by atoms with Gasteiger partial charge in [0.2, 0.25) is 0 Å². The van der Waals surface area contributed by atoms with Crippen LogP contribution in [0.2, 0.25) is 5.02 Å². The molecule has 0 spiro atoms. The van der Waals surface area contributed by atoms with Gasteiger partial charge in [0.1, 0.15) is 30.6 Å². The molecule has 3 rings (SSSR count). The Labute approximate surface area is 209 Å². The number of hydrogen-bond acceptors (Lipinski definition) is 5. The zero-order valence-corrected chi connectivity index (χ0v) is 20.8. The first-order valence-electron chi connectivity index (χ1n) is 9.85. The van der Waals surface area contributed by atoms with Gasteiger partial charge in [-0.1, -0.05) is 59.5 Å². The van der Waals surface area contributed by atoms with E-state index in [-0.39, 0.29) is 42.5 Å². The van der Waals surface area contributed by atoms with E-state index in [1.807, 2.05) is 64.7 Å².